The smallest absolute Gasteiger partial charge is 0.283 e. The standard InChI is InChI=1S/C24H28Cl2N2O4S/c1-4-17(13-20(16-29)33-24(31)27-3)14-21(26)22(5-2)32-12-6-7-23(30)28-15-18-8-10-19(25)11-9-18/h4-5,8-11,13-14,16H,6-7,12,15H2,1-3H3,(H,27,31)(H,28,30)/b17-4-,20-13-,21-14+,22-5+. The van der Waals surface area contributed by atoms with Crippen molar-refractivity contribution in [3.05, 3.63) is 80.4 Å². The summed E-state index contributed by atoms with van der Waals surface area (Å²) in [5, 5.41) is 5.95. The van der Waals surface area contributed by atoms with E-state index in [-0.39, 0.29) is 16.1 Å². The maximum atomic E-state index is 12.0. The molecule has 0 aliphatic carbocycles. The van der Waals surface area contributed by atoms with Crippen molar-refractivity contribution in [3.63, 3.8) is 0 Å². The zero-order valence-electron chi connectivity index (χ0n) is 18.8. The van der Waals surface area contributed by atoms with Crippen LogP contribution in [0.5, 0.6) is 0 Å². The van der Waals surface area contributed by atoms with Crippen LogP contribution < -0.4 is 10.6 Å². The van der Waals surface area contributed by atoms with Gasteiger partial charge in [0.15, 0.2) is 6.29 Å². The molecule has 9 heteroatoms. The molecule has 0 fully saturated rings. The number of hydrogen-bond acceptors (Lipinski definition) is 5. The Kier molecular flexibility index (Phi) is 14.0. The zero-order valence-corrected chi connectivity index (χ0v) is 21.2. The Morgan fingerprint density at radius 2 is 1.82 bits per heavy atom. The van der Waals surface area contributed by atoms with Crippen LogP contribution in [0.2, 0.25) is 5.02 Å². The van der Waals surface area contributed by atoms with E-state index >= 15 is 0 Å². The summed E-state index contributed by atoms with van der Waals surface area (Å²) in [5.74, 6) is 0.381. The Morgan fingerprint density at radius 1 is 1.12 bits per heavy atom. The van der Waals surface area contributed by atoms with Gasteiger partial charge in [-0.05, 0) is 73.5 Å². The van der Waals surface area contributed by atoms with Gasteiger partial charge in [-0.25, -0.2) is 0 Å². The van der Waals surface area contributed by atoms with E-state index in [2.05, 4.69) is 10.6 Å². The van der Waals surface area contributed by atoms with E-state index in [1.54, 1.807) is 50.3 Å². The first-order chi connectivity index (χ1) is 15.8. The lowest BCUT2D eigenvalue weighted by molar-refractivity contribution is -0.121. The first kappa shape index (κ1) is 28.6. The summed E-state index contributed by atoms with van der Waals surface area (Å²) in [6, 6.07) is 7.29. The minimum atomic E-state index is -0.339. The monoisotopic (exact) mass is 510 g/mol. The van der Waals surface area contributed by atoms with Crippen LogP contribution >= 0.6 is 35.0 Å². The maximum absolute atomic E-state index is 12.0. The average molecular weight is 511 g/mol. The molecule has 0 bridgehead atoms. The number of carbonyl (C=O) groups excluding carboxylic acids is 3. The summed E-state index contributed by atoms with van der Waals surface area (Å²) in [4.78, 5) is 35.0. The summed E-state index contributed by atoms with van der Waals surface area (Å²) < 4.78 is 5.72. The minimum Gasteiger partial charge on any atom is -0.492 e. The van der Waals surface area contributed by atoms with Gasteiger partial charge in [0.1, 0.15) is 5.76 Å². The number of thioether (sulfide) groups is 1. The Morgan fingerprint density at radius 3 is 2.39 bits per heavy atom. The maximum Gasteiger partial charge on any atom is 0.283 e. The predicted molar refractivity (Wildman–Crippen MR) is 136 cm³/mol. The van der Waals surface area contributed by atoms with E-state index < -0.39 is 0 Å². The SMILES string of the molecule is C/C=C(/C=C(/C=O)SC(=O)NC)\C=C(Cl)/C(=C\C)OCCCC(=O)NCc1ccc(Cl)cc1. The highest BCUT2D eigenvalue weighted by molar-refractivity contribution is 8.17. The molecule has 2 amide bonds. The lowest BCUT2D eigenvalue weighted by Gasteiger charge is -2.10. The second-order valence-corrected chi connectivity index (χ2v) is 8.48. The second kappa shape index (κ2) is 16.2. The topological polar surface area (TPSA) is 84.5 Å². The van der Waals surface area contributed by atoms with Gasteiger partial charge in [0.05, 0.1) is 16.5 Å². The fourth-order valence-electron chi connectivity index (χ4n) is 2.43. The molecular formula is C24H28Cl2N2O4S. The van der Waals surface area contributed by atoms with Crippen molar-refractivity contribution >= 4 is 52.4 Å². The first-order valence-corrected chi connectivity index (χ1v) is 11.8. The summed E-state index contributed by atoms with van der Waals surface area (Å²) >= 11 is 13.0. The number of carbonyl (C=O) groups is 3. The van der Waals surface area contributed by atoms with Crippen molar-refractivity contribution in [1.82, 2.24) is 10.6 Å². The van der Waals surface area contributed by atoms with Crippen LogP contribution in [0.4, 0.5) is 4.79 Å². The van der Waals surface area contributed by atoms with Gasteiger partial charge in [-0.1, -0.05) is 41.4 Å². The number of amides is 2. The minimum absolute atomic E-state index is 0.0754. The van der Waals surface area contributed by atoms with Crippen molar-refractivity contribution < 1.29 is 19.1 Å². The van der Waals surface area contributed by atoms with Crippen LogP contribution in [0.15, 0.2) is 69.8 Å². The van der Waals surface area contributed by atoms with Crippen molar-refractivity contribution in [2.45, 2.75) is 33.2 Å². The van der Waals surface area contributed by atoms with E-state index in [1.165, 1.54) is 7.05 Å². The van der Waals surface area contributed by atoms with E-state index in [9.17, 15) is 14.4 Å². The second-order valence-electron chi connectivity index (χ2n) is 6.59. The lowest BCUT2D eigenvalue weighted by atomic mass is 10.2. The van der Waals surface area contributed by atoms with Crippen LogP contribution in [-0.2, 0) is 20.9 Å². The third-order valence-corrected chi connectivity index (χ3v) is 5.56. The highest BCUT2D eigenvalue weighted by Gasteiger charge is 2.08. The Labute approximate surface area is 209 Å². The molecule has 1 aromatic rings. The summed E-state index contributed by atoms with van der Waals surface area (Å²) in [7, 11) is 1.49. The van der Waals surface area contributed by atoms with Gasteiger partial charge in [-0.15, -0.1) is 0 Å². The molecule has 0 aliphatic rings. The van der Waals surface area contributed by atoms with Gasteiger partial charge in [0.2, 0.25) is 5.91 Å². The van der Waals surface area contributed by atoms with Crippen molar-refractivity contribution in [2.24, 2.45) is 0 Å². The van der Waals surface area contributed by atoms with Gasteiger partial charge >= 0.3 is 0 Å². The molecule has 0 heterocycles. The molecule has 0 aromatic heterocycles. The number of nitrogens with one attached hydrogen (secondary N) is 2. The third kappa shape index (κ3) is 11.8. The van der Waals surface area contributed by atoms with Gasteiger partial charge < -0.3 is 15.4 Å². The predicted octanol–water partition coefficient (Wildman–Crippen LogP) is 5.88. The number of benzene rings is 1. The highest BCUT2D eigenvalue weighted by atomic mass is 35.5. The van der Waals surface area contributed by atoms with Crippen LogP contribution in [-0.4, -0.2) is 31.1 Å². The molecule has 0 atom stereocenters. The molecule has 0 saturated heterocycles. The number of rotatable bonds is 12. The zero-order chi connectivity index (χ0) is 24.6. The highest BCUT2D eigenvalue weighted by Crippen LogP contribution is 2.22. The van der Waals surface area contributed by atoms with Gasteiger partial charge in [-0.2, -0.15) is 0 Å². The number of allylic oxidation sites excluding steroid dienone is 7. The molecule has 0 radical (unpaired) electrons. The van der Waals surface area contributed by atoms with Gasteiger partial charge in [0.25, 0.3) is 5.24 Å². The average Bonchev–Trinajstić information content (AvgIpc) is 2.82. The number of halogens is 2. The summed E-state index contributed by atoms with van der Waals surface area (Å²) in [6.07, 6.45) is 8.12. The van der Waals surface area contributed by atoms with Crippen molar-refractivity contribution in [1.29, 1.82) is 0 Å². The van der Waals surface area contributed by atoms with Crippen molar-refractivity contribution in [2.75, 3.05) is 13.7 Å². The number of aldehydes is 1. The molecule has 6 nitrogen and oxygen atoms in total. The molecule has 178 valence electrons. The fourth-order valence-corrected chi connectivity index (χ4v) is 3.41. The Hall–Kier alpha value is -2.48. The van der Waals surface area contributed by atoms with Crippen LogP contribution in [0.25, 0.3) is 0 Å². The van der Waals surface area contributed by atoms with E-state index in [0.29, 0.717) is 53.7 Å². The Balaban J connectivity index is 2.55. The number of ether oxygens (including phenoxy) is 1. The van der Waals surface area contributed by atoms with Gasteiger partial charge in [0, 0.05) is 25.0 Å². The molecule has 0 saturated carbocycles. The molecule has 0 aliphatic heterocycles. The molecule has 2 N–H and O–H groups in total. The molecule has 33 heavy (non-hydrogen) atoms. The number of hydrogen-bond donors (Lipinski definition) is 2. The fraction of sp³-hybridized carbons (Fsp3) is 0.292. The van der Waals surface area contributed by atoms with Crippen molar-refractivity contribution in [3.8, 4) is 0 Å². The van der Waals surface area contributed by atoms with Crippen LogP contribution in [0.3, 0.4) is 0 Å². The van der Waals surface area contributed by atoms with E-state index in [1.807, 2.05) is 12.1 Å². The largest absolute Gasteiger partial charge is 0.492 e. The van der Waals surface area contributed by atoms with Gasteiger partial charge in [-0.3, -0.25) is 14.4 Å². The van der Waals surface area contributed by atoms with E-state index in [4.69, 9.17) is 27.9 Å². The molecule has 1 rings (SSSR count). The summed E-state index contributed by atoms with van der Waals surface area (Å²) in [6.45, 7) is 4.32. The van der Waals surface area contributed by atoms with Crippen LogP contribution in [0.1, 0.15) is 32.3 Å². The quantitative estimate of drug-likeness (QED) is 0.120. The first-order valence-electron chi connectivity index (χ1n) is 10.2. The lowest BCUT2D eigenvalue weighted by Crippen LogP contribution is -2.22. The Bertz CT molecular complexity index is 938. The molecular weight excluding hydrogens is 483 g/mol. The van der Waals surface area contributed by atoms with Crippen LogP contribution in [0, 0.1) is 0 Å². The summed E-state index contributed by atoms with van der Waals surface area (Å²) in [5.41, 5.74) is 1.61. The van der Waals surface area contributed by atoms with E-state index in [0.717, 1.165) is 17.3 Å². The molecule has 0 unspecified atom stereocenters. The molecule has 1 aromatic carbocycles. The normalized spacial score (nSPS) is 12.9. The molecule has 0 spiro atoms. The third-order valence-electron chi connectivity index (χ3n) is 4.17.